The van der Waals surface area contributed by atoms with Crippen molar-refractivity contribution in [1.29, 1.82) is 5.41 Å². The number of hydrogen-bond acceptors (Lipinski definition) is 14. The van der Waals surface area contributed by atoms with E-state index in [1.54, 1.807) is 0 Å². The molecule has 1 amide bonds. The molecule has 1 saturated heterocycles. The van der Waals surface area contributed by atoms with Crippen LogP contribution >= 0.6 is 11.3 Å². The molecule has 3 heterocycles. The van der Waals surface area contributed by atoms with Crippen molar-refractivity contribution in [2.24, 2.45) is 16.8 Å². The largest absolute Gasteiger partial charge is 0.478 e. The highest BCUT2D eigenvalue weighted by Crippen LogP contribution is 2.40. The van der Waals surface area contributed by atoms with Gasteiger partial charge in [0, 0.05) is 30.4 Å². The van der Waals surface area contributed by atoms with E-state index in [0.29, 0.717) is 37.2 Å². The topological polar surface area (TPSA) is 270 Å². The molecule has 1 saturated carbocycles. The fraction of sp³-hybridized carbons (Fsp3) is 0.565. The Morgan fingerprint density at radius 1 is 1.29 bits per heavy atom. The lowest BCUT2D eigenvalue weighted by Crippen LogP contribution is -2.64. The predicted molar refractivity (Wildman–Crippen MR) is 148 cm³/mol. The molecule has 4 rings (SSSR count). The number of nitrogen functional groups attached to an aromatic ring is 1. The molecule has 17 nitrogen and oxygen atoms in total. The number of carbonyl (C=O) groups is 3. The number of hydrogen-bond donors (Lipinski definition) is 5. The first-order valence-electron chi connectivity index (χ1n) is 13.0. The number of nitrogens with one attached hydrogen (secondary N) is 1. The summed E-state index contributed by atoms with van der Waals surface area (Å²) in [6.45, 7) is 0.303. The Morgan fingerprint density at radius 2 is 2.02 bits per heavy atom. The molecular formula is C23H31N9O8S2. The van der Waals surface area contributed by atoms with E-state index in [1.165, 1.54) is 11.6 Å². The monoisotopic (exact) mass is 625 g/mol. The van der Waals surface area contributed by atoms with E-state index in [-0.39, 0.29) is 40.2 Å². The van der Waals surface area contributed by atoms with E-state index in [0.717, 1.165) is 29.0 Å². The molecule has 2 atom stereocenters. The number of aromatic nitrogens is 4. The number of aryl methyl sites for hydroxylation is 1. The van der Waals surface area contributed by atoms with E-state index in [9.17, 15) is 32.5 Å². The van der Waals surface area contributed by atoms with Gasteiger partial charge >= 0.3 is 16.3 Å². The van der Waals surface area contributed by atoms with Gasteiger partial charge < -0.3 is 26.8 Å². The number of amides is 1. The number of β-lactam (4-membered cyclic amide) rings is 1. The number of carboxylic acids is 1. The second-order valence-electron chi connectivity index (χ2n) is 10.1. The summed E-state index contributed by atoms with van der Waals surface area (Å²) in [5.74, 6) is -4.25. The van der Waals surface area contributed by atoms with Gasteiger partial charge in [-0.2, -0.15) is 23.4 Å². The van der Waals surface area contributed by atoms with Gasteiger partial charge in [0.1, 0.15) is 5.69 Å². The van der Waals surface area contributed by atoms with Crippen molar-refractivity contribution in [3.63, 3.8) is 0 Å². The molecule has 0 radical (unpaired) electrons. The van der Waals surface area contributed by atoms with Gasteiger partial charge in [-0.15, -0.1) is 11.3 Å². The molecule has 0 spiro atoms. The number of anilines is 1. The van der Waals surface area contributed by atoms with Crippen molar-refractivity contribution in [2.45, 2.75) is 69.6 Å². The van der Waals surface area contributed by atoms with Gasteiger partial charge in [-0.25, -0.2) is 14.1 Å². The zero-order valence-electron chi connectivity index (χ0n) is 22.4. The van der Waals surface area contributed by atoms with E-state index >= 15 is 0 Å². The van der Waals surface area contributed by atoms with Crippen molar-refractivity contribution < 1.29 is 37.3 Å². The van der Waals surface area contributed by atoms with Gasteiger partial charge in [0.2, 0.25) is 11.5 Å². The summed E-state index contributed by atoms with van der Waals surface area (Å²) in [6.07, 6.45) is 4.42. The van der Waals surface area contributed by atoms with Gasteiger partial charge in [-0.1, -0.05) is 5.16 Å². The molecule has 0 aromatic carbocycles. The Labute approximate surface area is 244 Å². The molecule has 2 fully saturated rings. The molecule has 2 aromatic rings. The molecule has 42 heavy (non-hydrogen) atoms. The second-order valence-corrected chi connectivity index (χ2v) is 12.2. The Hall–Kier alpha value is -3.81. The number of unbranched alkanes of at least 4 members (excludes halogenated alkanes) is 1. The fourth-order valence-electron chi connectivity index (χ4n) is 4.40. The minimum absolute atomic E-state index is 0.00521. The van der Waals surface area contributed by atoms with Crippen LogP contribution in [-0.4, -0.2) is 89.6 Å². The lowest BCUT2D eigenvalue weighted by molar-refractivity contribution is -0.153. The third kappa shape index (κ3) is 7.15. The smallest absolute Gasteiger partial charge is 0.362 e. The van der Waals surface area contributed by atoms with Crippen LogP contribution in [0.15, 0.2) is 16.7 Å². The van der Waals surface area contributed by atoms with E-state index < -0.39 is 51.9 Å². The highest BCUT2D eigenvalue weighted by atomic mass is 32.2. The molecule has 7 N–H and O–H groups in total. The summed E-state index contributed by atoms with van der Waals surface area (Å²) in [4.78, 5) is 48.0. The summed E-state index contributed by atoms with van der Waals surface area (Å²) in [6, 6.07) is -1.21. The number of ketones is 1. The van der Waals surface area contributed by atoms with Gasteiger partial charge in [-0.3, -0.25) is 14.1 Å². The first-order chi connectivity index (χ1) is 19.8. The lowest BCUT2D eigenvalue weighted by Gasteiger charge is -2.43. The number of nitrogens with zero attached hydrogens (tertiary/aromatic N) is 6. The van der Waals surface area contributed by atoms with Crippen LogP contribution in [0, 0.1) is 11.3 Å². The number of oxime groups is 1. The SMILES string of the molecule is N=C(CCCCN)CCc1cnn(C[C@@H]2[C@H](CC(=O)/C(=N\OC3(C(=O)O)CC3)c3csc(N)n3)C(=O)N2S(=O)(=O)O)n1. The number of thiazole rings is 1. The number of rotatable bonds is 17. The van der Waals surface area contributed by atoms with Crippen molar-refractivity contribution in [1.82, 2.24) is 24.3 Å². The van der Waals surface area contributed by atoms with Crippen LogP contribution in [0.4, 0.5) is 5.13 Å². The van der Waals surface area contributed by atoms with Crippen LogP contribution in [0.1, 0.15) is 56.3 Å². The van der Waals surface area contributed by atoms with E-state index in [4.69, 9.17) is 21.7 Å². The fourth-order valence-corrected chi connectivity index (χ4v) is 5.86. The molecule has 1 aliphatic carbocycles. The standard InChI is InChI=1S/C23H31N9O8S2/c24-8-2-1-3-13(25)4-5-14-10-27-31(29-14)11-17-15(20(34)32(17)42(37,38)39)9-18(33)19(16-12-41-22(26)28-16)30-40-23(6-7-23)21(35)36/h10,12,15,17,25H,1-9,11,24H2,(H2,26,28)(H,35,36)(H,37,38,39)/b25-13?,30-19-/t15-,17+/m0/s1. The van der Waals surface area contributed by atoms with Crippen LogP contribution < -0.4 is 11.5 Å². The summed E-state index contributed by atoms with van der Waals surface area (Å²) in [5, 5.41) is 31.1. The van der Waals surface area contributed by atoms with Gasteiger partial charge in [-0.05, 0) is 38.6 Å². The summed E-state index contributed by atoms with van der Waals surface area (Å²) in [5.41, 5.74) is 10.3. The van der Waals surface area contributed by atoms with Crippen LogP contribution in [0.25, 0.3) is 0 Å². The normalized spacial score (nSPS) is 19.8. The third-order valence-corrected chi connectivity index (χ3v) is 8.56. The molecule has 2 aliphatic rings. The van der Waals surface area contributed by atoms with Crippen molar-refractivity contribution in [2.75, 3.05) is 12.3 Å². The zero-order valence-corrected chi connectivity index (χ0v) is 24.0. The number of carbonyl (C=O) groups excluding carboxylic acids is 2. The van der Waals surface area contributed by atoms with Crippen LogP contribution in [0.5, 0.6) is 0 Å². The number of aliphatic carboxylic acids is 1. The summed E-state index contributed by atoms with van der Waals surface area (Å²) in [7, 11) is -4.96. The Kier molecular flexibility index (Phi) is 9.34. The van der Waals surface area contributed by atoms with Crippen molar-refractivity contribution in [3.05, 3.63) is 23.0 Å². The van der Waals surface area contributed by atoms with Gasteiger partial charge in [0.25, 0.3) is 0 Å². The first kappa shape index (κ1) is 31.1. The predicted octanol–water partition coefficient (Wildman–Crippen LogP) is 0.0253. The van der Waals surface area contributed by atoms with Crippen molar-refractivity contribution in [3.8, 4) is 0 Å². The maximum Gasteiger partial charge on any atom is 0.362 e. The quantitative estimate of drug-likeness (QED) is 0.0511. The second kappa shape index (κ2) is 12.6. The highest BCUT2D eigenvalue weighted by molar-refractivity contribution is 7.84. The number of Topliss-reactive ketones (excluding diaryl/α,β-unsaturated/α-hetero) is 1. The highest BCUT2D eigenvalue weighted by Gasteiger charge is 2.56. The molecular weight excluding hydrogens is 594 g/mol. The van der Waals surface area contributed by atoms with Crippen LogP contribution in [0.3, 0.4) is 0 Å². The molecule has 0 bridgehead atoms. The molecule has 0 unspecified atom stereocenters. The number of nitrogens with two attached hydrogens (primary N) is 2. The molecule has 228 valence electrons. The Morgan fingerprint density at radius 3 is 2.62 bits per heavy atom. The Bertz CT molecular complexity index is 1500. The van der Waals surface area contributed by atoms with Crippen molar-refractivity contribution >= 4 is 55.9 Å². The lowest BCUT2D eigenvalue weighted by atomic mass is 9.84. The Balaban J connectivity index is 1.47. The summed E-state index contributed by atoms with van der Waals surface area (Å²) >= 11 is 0.999. The minimum atomic E-state index is -4.96. The number of carboxylic acid groups (broad SMARTS) is 1. The molecule has 19 heteroatoms. The molecule has 2 aromatic heterocycles. The van der Waals surface area contributed by atoms with Crippen LogP contribution in [-0.2, 0) is 42.5 Å². The minimum Gasteiger partial charge on any atom is -0.478 e. The maximum atomic E-state index is 13.3. The summed E-state index contributed by atoms with van der Waals surface area (Å²) < 4.78 is 33.8. The third-order valence-electron chi connectivity index (χ3n) is 6.94. The van der Waals surface area contributed by atoms with Gasteiger partial charge in [0.05, 0.1) is 30.4 Å². The van der Waals surface area contributed by atoms with Crippen LogP contribution in [0.2, 0.25) is 0 Å². The maximum absolute atomic E-state index is 13.3. The molecule has 1 aliphatic heterocycles. The first-order valence-corrected chi connectivity index (χ1v) is 15.3. The average Bonchev–Trinajstić information content (AvgIpc) is 3.38. The van der Waals surface area contributed by atoms with E-state index in [1.807, 2.05) is 0 Å². The average molecular weight is 626 g/mol. The zero-order chi connectivity index (χ0) is 30.7. The van der Waals surface area contributed by atoms with E-state index in [2.05, 4.69) is 20.3 Å². The van der Waals surface area contributed by atoms with Gasteiger partial charge in [0.15, 0.2) is 16.6 Å².